The fourth-order valence-corrected chi connectivity index (χ4v) is 5.05. The van der Waals surface area contributed by atoms with Gasteiger partial charge in [-0.05, 0) is 43.3 Å². The van der Waals surface area contributed by atoms with Crippen molar-refractivity contribution in [2.24, 2.45) is 0 Å². The summed E-state index contributed by atoms with van der Waals surface area (Å²) in [5, 5.41) is 6.43. The molecule has 1 fully saturated rings. The van der Waals surface area contributed by atoms with Crippen LogP contribution in [0.4, 0.5) is 11.4 Å². The Balaban J connectivity index is 1.37. The quantitative estimate of drug-likeness (QED) is 0.563. The normalized spacial score (nSPS) is 14.6. The largest absolute Gasteiger partial charge is 0.369 e. The predicted octanol–water partition coefficient (Wildman–Crippen LogP) is 5.10. The Bertz CT molecular complexity index is 1060. The van der Waals surface area contributed by atoms with E-state index in [1.807, 2.05) is 35.7 Å². The van der Waals surface area contributed by atoms with E-state index in [2.05, 4.69) is 46.1 Å². The first-order chi connectivity index (χ1) is 15.0. The third kappa shape index (κ3) is 5.26. The first-order valence-corrected chi connectivity index (χ1v) is 11.9. The maximum absolute atomic E-state index is 12.6. The molecule has 0 saturated carbocycles. The molecule has 1 aliphatic rings. The lowest BCUT2D eigenvalue weighted by atomic mass is 10.1. The van der Waals surface area contributed by atoms with Gasteiger partial charge in [0.2, 0.25) is 5.91 Å². The van der Waals surface area contributed by atoms with Gasteiger partial charge in [0.05, 0.1) is 17.1 Å². The Morgan fingerprint density at radius 1 is 1.16 bits per heavy atom. The summed E-state index contributed by atoms with van der Waals surface area (Å²) in [7, 11) is 0. The highest BCUT2D eigenvalue weighted by atomic mass is 35.5. The van der Waals surface area contributed by atoms with Gasteiger partial charge in [0.1, 0.15) is 5.01 Å². The van der Waals surface area contributed by atoms with Crippen LogP contribution >= 0.6 is 22.9 Å². The van der Waals surface area contributed by atoms with Crippen LogP contribution in [0.2, 0.25) is 5.02 Å². The molecule has 1 amide bonds. The maximum Gasteiger partial charge on any atom is 0.230 e. The van der Waals surface area contributed by atoms with Crippen LogP contribution in [-0.4, -0.2) is 48.5 Å². The monoisotopic (exact) mass is 454 g/mol. The molecule has 5 nitrogen and oxygen atoms in total. The third-order valence-corrected chi connectivity index (χ3v) is 6.89. The first-order valence-electron chi connectivity index (χ1n) is 10.6. The second-order valence-electron chi connectivity index (χ2n) is 7.77. The number of nitrogens with one attached hydrogen (secondary N) is 1. The van der Waals surface area contributed by atoms with E-state index in [1.165, 1.54) is 22.6 Å². The molecule has 0 unspecified atom stereocenters. The van der Waals surface area contributed by atoms with Gasteiger partial charge in [-0.2, -0.15) is 0 Å². The van der Waals surface area contributed by atoms with E-state index in [1.54, 1.807) is 0 Å². The van der Waals surface area contributed by atoms with Gasteiger partial charge in [0.15, 0.2) is 0 Å². The van der Waals surface area contributed by atoms with Crippen molar-refractivity contribution >= 4 is 40.2 Å². The first kappa shape index (κ1) is 21.8. The van der Waals surface area contributed by atoms with Crippen molar-refractivity contribution in [2.75, 3.05) is 42.9 Å². The lowest BCUT2D eigenvalue weighted by Gasteiger charge is -2.36. The highest BCUT2D eigenvalue weighted by Gasteiger charge is 2.18. The molecule has 2 heterocycles. The van der Waals surface area contributed by atoms with E-state index in [0.717, 1.165) is 54.7 Å². The standard InChI is InChI=1S/C24H27ClN4OS/c1-3-28-10-12-29(13-11-28)22-9-8-18(14-17(22)2)26-23(30)15-19-16-31-24(27-19)20-6-4-5-7-21(20)25/h4-9,14,16H,3,10-13,15H2,1-2H3,(H,26,30). The van der Waals surface area contributed by atoms with E-state index < -0.39 is 0 Å². The minimum Gasteiger partial charge on any atom is -0.369 e. The molecular weight excluding hydrogens is 428 g/mol. The van der Waals surface area contributed by atoms with Crippen LogP contribution in [0.5, 0.6) is 0 Å². The zero-order valence-electron chi connectivity index (χ0n) is 17.9. The highest BCUT2D eigenvalue weighted by molar-refractivity contribution is 7.13. The molecule has 0 bridgehead atoms. The number of aryl methyl sites for hydroxylation is 1. The SMILES string of the molecule is CCN1CCN(c2ccc(NC(=O)Cc3csc(-c4ccccc4Cl)n3)cc2C)CC1. The number of carbonyl (C=O) groups excluding carboxylic acids is 1. The summed E-state index contributed by atoms with van der Waals surface area (Å²) in [4.78, 5) is 22.1. The molecule has 0 aliphatic carbocycles. The summed E-state index contributed by atoms with van der Waals surface area (Å²) in [5.74, 6) is -0.0697. The Labute approximate surface area is 192 Å². The predicted molar refractivity (Wildman–Crippen MR) is 130 cm³/mol. The van der Waals surface area contributed by atoms with E-state index in [9.17, 15) is 4.79 Å². The van der Waals surface area contributed by atoms with Crippen LogP contribution in [0.25, 0.3) is 10.6 Å². The molecule has 4 rings (SSSR count). The fraction of sp³-hybridized carbons (Fsp3) is 0.333. The summed E-state index contributed by atoms with van der Waals surface area (Å²) < 4.78 is 0. The number of benzene rings is 2. The van der Waals surface area contributed by atoms with Crippen molar-refractivity contribution < 1.29 is 4.79 Å². The number of likely N-dealkylation sites (N-methyl/N-ethyl adjacent to an activating group) is 1. The Morgan fingerprint density at radius 2 is 1.94 bits per heavy atom. The zero-order chi connectivity index (χ0) is 21.8. The van der Waals surface area contributed by atoms with Crippen molar-refractivity contribution in [3.05, 3.63) is 64.1 Å². The zero-order valence-corrected chi connectivity index (χ0v) is 19.5. The van der Waals surface area contributed by atoms with Gasteiger partial charge >= 0.3 is 0 Å². The van der Waals surface area contributed by atoms with Crippen LogP contribution in [0.3, 0.4) is 0 Å². The van der Waals surface area contributed by atoms with Crippen LogP contribution in [0.15, 0.2) is 47.8 Å². The summed E-state index contributed by atoms with van der Waals surface area (Å²) in [6.07, 6.45) is 0.237. The van der Waals surface area contributed by atoms with Crippen molar-refractivity contribution in [3.8, 4) is 10.6 Å². The van der Waals surface area contributed by atoms with Gasteiger partial charge in [0, 0.05) is 48.5 Å². The van der Waals surface area contributed by atoms with Crippen LogP contribution < -0.4 is 10.2 Å². The number of thiazole rings is 1. The molecule has 1 aliphatic heterocycles. The number of aromatic nitrogens is 1. The molecule has 1 N–H and O–H groups in total. The number of rotatable bonds is 6. The molecule has 0 atom stereocenters. The lowest BCUT2D eigenvalue weighted by molar-refractivity contribution is -0.115. The van der Waals surface area contributed by atoms with E-state index >= 15 is 0 Å². The van der Waals surface area contributed by atoms with Crippen LogP contribution in [-0.2, 0) is 11.2 Å². The number of nitrogens with zero attached hydrogens (tertiary/aromatic N) is 3. The molecule has 7 heteroatoms. The second kappa shape index (κ2) is 9.81. The fourth-order valence-electron chi connectivity index (χ4n) is 3.91. The molecule has 31 heavy (non-hydrogen) atoms. The minimum absolute atomic E-state index is 0.0697. The summed E-state index contributed by atoms with van der Waals surface area (Å²) in [5.41, 5.74) is 4.89. The van der Waals surface area contributed by atoms with Crippen molar-refractivity contribution in [1.82, 2.24) is 9.88 Å². The van der Waals surface area contributed by atoms with Gasteiger partial charge in [-0.1, -0.05) is 36.7 Å². The molecular formula is C24H27ClN4OS. The molecule has 3 aromatic rings. The Kier molecular flexibility index (Phi) is 6.90. The summed E-state index contributed by atoms with van der Waals surface area (Å²) in [6, 6.07) is 13.8. The Hall–Kier alpha value is -2.41. The van der Waals surface area contributed by atoms with E-state index in [0.29, 0.717) is 5.02 Å². The van der Waals surface area contributed by atoms with Gasteiger partial charge in [-0.3, -0.25) is 4.79 Å². The van der Waals surface area contributed by atoms with Gasteiger partial charge in [-0.15, -0.1) is 11.3 Å². The lowest BCUT2D eigenvalue weighted by Crippen LogP contribution is -2.46. The van der Waals surface area contributed by atoms with Gasteiger partial charge < -0.3 is 15.1 Å². The molecule has 162 valence electrons. The number of carbonyl (C=O) groups is 1. The summed E-state index contributed by atoms with van der Waals surface area (Å²) in [6.45, 7) is 9.69. The minimum atomic E-state index is -0.0697. The van der Waals surface area contributed by atoms with Crippen LogP contribution in [0, 0.1) is 6.92 Å². The average Bonchev–Trinajstić information content (AvgIpc) is 3.22. The van der Waals surface area contributed by atoms with E-state index in [4.69, 9.17) is 11.6 Å². The van der Waals surface area contributed by atoms with Crippen molar-refractivity contribution in [1.29, 1.82) is 0 Å². The second-order valence-corrected chi connectivity index (χ2v) is 9.04. The van der Waals surface area contributed by atoms with Gasteiger partial charge in [0.25, 0.3) is 0 Å². The van der Waals surface area contributed by atoms with Crippen LogP contribution in [0.1, 0.15) is 18.2 Å². The maximum atomic E-state index is 12.6. The number of anilines is 2. The van der Waals surface area contributed by atoms with Crippen molar-refractivity contribution in [2.45, 2.75) is 20.3 Å². The van der Waals surface area contributed by atoms with Crippen molar-refractivity contribution in [3.63, 3.8) is 0 Å². The Morgan fingerprint density at radius 3 is 2.65 bits per heavy atom. The number of hydrogen-bond acceptors (Lipinski definition) is 5. The molecule has 2 aromatic carbocycles. The number of hydrogen-bond donors (Lipinski definition) is 1. The van der Waals surface area contributed by atoms with Gasteiger partial charge in [-0.25, -0.2) is 4.98 Å². The number of halogens is 1. The molecule has 1 aromatic heterocycles. The van der Waals surface area contributed by atoms with E-state index in [-0.39, 0.29) is 12.3 Å². The topological polar surface area (TPSA) is 48.5 Å². The molecule has 0 spiro atoms. The molecule has 1 saturated heterocycles. The number of amides is 1. The number of piperazine rings is 1. The molecule has 0 radical (unpaired) electrons. The average molecular weight is 455 g/mol. The smallest absolute Gasteiger partial charge is 0.230 e. The summed E-state index contributed by atoms with van der Waals surface area (Å²) >= 11 is 7.76. The third-order valence-electron chi connectivity index (χ3n) is 5.64. The highest BCUT2D eigenvalue weighted by Crippen LogP contribution is 2.30.